The molecule has 1 heterocycles. The number of hydrogen-bond acceptors (Lipinski definition) is 3. The highest BCUT2D eigenvalue weighted by molar-refractivity contribution is 5.81. The number of carbonyl (C=O) groups is 1. The van der Waals surface area contributed by atoms with Crippen LogP contribution in [0.2, 0.25) is 0 Å². The summed E-state index contributed by atoms with van der Waals surface area (Å²) in [5, 5.41) is 3.19. The van der Waals surface area contributed by atoms with Gasteiger partial charge in [0.1, 0.15) is 6.10 Å². The molecule has 3 unspecified atom stereocenters. The van der Waals surface area contributed by atoms with E-state index in [1.54, 1.807) is 0 Å². The summed E-state index contributed by atoms with van der Waals surface area (Å²) in [6, 6.07) is 0.291. The summed E-state index contributed by atoms with van der Waals surface area (Å²) >= 11 is 0. The van der Waals surface area contributed by atoms with Gasteiger partial charge in [-0.25, -0.2) is 0 Å². The van der Waals surface area contributed by atoms with Crippen LogP contribution in [0.15, 0.2) is 0 Å². The lowest BCUT2D eigenvalue weighted by Crippen LogP contribution is -2.50. The van der Waals surface area contributed by atoms with Gasteiger partial charge >= 0.3 is 0 Å². The van der Waals surface area contributed by atoms with Crippen molar-refractivity contribution in [1.29, 1.82) is 0 Å². The van der Waals surface area contributed by atoms with E-state index in [0.29, 0.717) is 12.6 Å². The predicted octanol–water partition coefficient (Wildman–Crippen LogP) is 1.58. The third kappa shape index (κ3) is 3.04. The highest BCUT2D eigenvalue weighted by atomic mass is 16.5. The van der Waals surface area contributed by atoms with Crippen LogP contribution in [0.1, 0.15) is 52.4 Å². The van der Waals surface area contributed by atoms with E-state index in [1.807, 2.05) is 0 Å². The molecule has 18 heavy (non-hydrogen) atoms. The van der Waals surface area contributed by atoms with E-state index in [0.717, 1.165) is 19.3 Å². The minimum atomic E-state index is -0.281. The minimum absolute atomic E-state index is 0.0610. The predicted molar refractivity (Wildman–Crippen MR) is 71.1 cm³/mol. The van der Waals surface area contributed by atoms with Crippen LogP contribution in [-0.4, -0.2) is 30.7 Å². The van der Waals surface area contributed by atoms with Gasteiger partial charge in [-0.05, 0) is 31.1 Å². The topological polar surface area (TPSA) is 64.4 Å². The summed E-state index contributed by atoms with van der Waals surface area (Å²) in [7, 11) is 0. The number of carbonyl (C=O) groups excluding carboxylic acids is 1. The van der Waals surface area contributed by atoms with Crippen molar-refractivity contribution in [3.63, 3.8) is 0 Å². The van der Waals surface area contributed by atoms with Crippen LogP contribution in [-0.2, 0) is 9.53 Å². The van der Waals surface area contributed by atoms with Crippen LogP contribution in [0, 0.1) is 5.41 Å². The van der Waals surface area contributed by atoms with Crippen LogP contribution < -0.4 is 11.1 Å². The number of hydrogen-bond donors (Lipinski definition) is 2. The molecular formula is C14H26N2O2. The zero-order chi connectivity index (χ0) is 13.2. The van der Waals surface area contributed by atoms with Crippen molar-refractivity contribution in [2.75, 3.05) is 6.54 Å². The van der Waals surface area contributed by atoms with Crippen molar-refractivity contribution in [3.05, 3.63) is 0 Å². The molecule has 1 aliphatic heterocycles. The molecule has 0 aromatic rings. The van der Waals surface area contributed by atoms with Crippen LogP contribution in [0.3, 0.4) is 0 Å². The average Bonchev–Trinajstić information content (AvgIpc) is 2.80. The monoisotopic (exact) mass is 254 g/mol. The number of ether oxygens (including phenoxy) is 1. The molecule has 0 aromatic carbocycles. The Morgan fingerprint density at radius 1 is 1.33 bits per heavy atom. The summed E-state index contributed by atoms with van der Waals surface area (Å²) in [4.78, 5) is 12.2. The van der Waals surface area contributed by atoms with Crippen molar-refractivity contribution in [2.45, 2.75) is 70.6 Å². The first kappa shape index (κ1) is 13.8. The molecule has 0 bridgehead atoms. The molecule has 3 atom stereocenters. The third-order valence-electron chi connectivity index (χ3n) is 4.49. The summed E-state index contributed by atoms with van der Waals surface area (Å²) in [5.41, 5.74) is 5.77. The molecule has 1 aliphatic carbocycles. The largest absolute Gasteiger partial charge is 0.364 e. The summed E-state index contributed by atoms with van der Waals surface area (Å²) in [6.45, 7) is 5.00. The molecular weight excluding hydrogens is 228 g/mol. The number of rotatable bonds is 3. The van der Waals surface area contributed by atoms with Crippen molar-refractivity contribution in [2.24, 2.45) is 11.1 Å². The van der Waals surface area contributed by atoms with Gasteiger partial charge in [0.05, 0.1) is 6.10 Å². The molecule has 1 saturated carbocycles. The summed E-state index contributed by atoms with van der Waals surface area (Å²) in [6.07, 6.45) is 6.26. The molecule has 0 radical (unpaired) electrons. The Morgan fingerprint density at radius 3 is 2.72 bits per heavy atom. The molecule has 1 amide bonds. The summed E-state index contributed by atoms with van der Waals surface area (Å²) in [5.74, 6) is 0.0610. The Hall–Kier alpha value is -0.610. The van der Waals surface area contributed by atoms with E-state index >= 15 is 0 Å². The van der Waals surface area contributed by atoms with E-state index in [1.165, 1.54) is 19.3 Å². The maximum absolute atomic E-state index is 12.2. The maximum Gasteiger partial charge on any atom is 0.249 e. The van der Waals surface area contributed by atoms with E-state index in [4.69, 9.17) is 10.5 Å². The second-order valence-corrected chi connectivity index (χ2v) is 6.36. The molecule has 2 fully saturated rings. The Kier molecular flexibility index (Phi) is 4.28. The van der Waals surface area contributed by atoms with Gasteiger partial charge in [0.25, 0.3) is 0 Å². The zero-order valence-electron chi connectivity index (χ0n) is 11.6. The van der Waals surface area contributed by atoms with Gasteiger partial charge in [0, 0.05) is 12.6 Å². The van der Waals surface area contributed by atoms with Gasteiger partial charge < -0.3 is 15.8 Å². The van der Waals surface area contributed by atoms with Gasteiger partial charge in [0.15, 0.2) is 0 Å². The van der Waals surface area contributed by atoms with Crippen LogP contribution >= 0.6 is 0 Å². The second-order valence-electron chi connectivity index (χ2n) is 6.36. The fraction of sp³-hybridized carbons (Fsp3) is 0.929. The van der Waals surface area contributed by atoms with Crippen molar-refractivity contribution in [3.8, 4) is 0 Å². The third-order valence-corrected chi connectivity index (χ3v) is 4.49. The highest BCUT2D eigenvalue weighted by Crippen LogP contribution is 2.35. The van der Waals surface area contributed by atoms with Gasteiger partial charge in [-0.3, -0.25) is 4.79 Å². The quantitative estimate of drug-likeness (QED) is 0.803. The van der Waals surface area contributed by atoms with Gasteiger partial charge in [-0.15, -0.1) is 0 Å². The lowest BCUT2D eigenvalue weighted by atomic mass is 9.73. The molecule has 4 heteroatoms. The van der Waals surface area contributed by atoms with E-state index in [9.17, 15) is 4.79 Å². The molecule has 2 aliphatic rings. The Labute approximate surface area is 110 Å². The number of nitrogens with one attached hydrogen (secondary N) is 1. The zero-order valence-corrected chi connectivity index (χ0v) is 11.6. The fourth-order valence-corrected chi connectivity index (χ4v) is 3.10. The highest BCUT2D eigenvalue weighted by Gasteiger charge is 2.36. The van der Waals surface area contributed by atoms with E-state index in [-0.39, 0.29) is 23.5 Å². The average molecular weight is 254 g/mol. The Bertz CT molecular complexity index is 304. The second kappa shape index (κ2) is 5.57. The van der Waals surface area contributed by atoms with Crippen molar-refractivity contribution >= 4 is 5.91 Å². The first-order valence-electron chi connectivity index (χ1n) is 7.19. The smallest absolute Gasteiger partial charge is 0.249 e. The lowest BCUT2D eigenvalue weighted by molar-refractivity contribution is -0.133. The summed E-state index contributed by atoms with van der Waals surface area (Å²) < 4.78 is 5.65. The first-order valence-corrected chi connectivity index (χ1v) is 7.19. The molecule has 0 aromatic heterocycles. The van der Waals surface area contributed by atoms with Crippen molar-refractivity contribution in [1.82, 2.24) is 5.32 Å². The van der Waals surface area contributed by atoms with E-state index in [2.05, 4.69) is 19.2 Å². The van der Waals surface area contributed by atoms with Crippen LogP contribution in [0.4, 0.5) is 0 Å². The molecule has 2 rings (SSSR count). The lowest BCUT2D eigenvalue weighted by Gasteiger charge is -2.39. The fourth-order valence-electron chi connectivity index (χ4n) is 3.10. The molecule has 4 nitrogen and oxygen atoms in total. The maximum atomic E-state index is 12.2. The SMILES string of the molecule is CC1(C)CCCCC1NC(=O)C1CCC(CN)O1. The van der Waals surface area contributed by atoms with Crippen LogP contribution in [0.5, 0.6) is 0 Å². The standard InChI is InChI=1S/C14H26N2O2/c1-14(2)8-4-3-5-12(14)16-13(17)11-7-6-10(9-15)18-11/h10-12H,3-9,15H2,1-2H3,(H,16,17). The molecule has 104 valence electrons. The van der Waals surface area contributed by atoms with Crippen molar-refractivity contribution < 1.29 is 9.53 Å². The minimum Gasteiger partial charge on any atom is -0.364 e. The van der Waals surface area contributed by atoms with Gasteiger partial charge in [-0.1, -0.05) is 26.7 Å². The number of nitrogens with two attached hydrogens (primary N) is 1. The van der Waals surface area contributed by atoms with Crippen LogP contribution in [0.25, 0.3) is 0 Å². The number of amides is 1. The van der Waals surface area contributed by atoms with Gasteiger partial charge in [0.2, 0.25) is 5.91 Å². The first-order chi connectivity index (χ1) is 8.53. The normalized spacial score (nSPS) is 35.4. The Morgan fingerprint density at radius 2 is 2.11 bits per heavy atom. The van der Waals surface area contributed by atoms with Gasteiger partial charge in [-0.2, -0.15) is 0 Å². The molecule has 1 saturated heterocycles. The molecule has 0 spiro atoms. The Balaban J connectivity index is 1.87. The molecule has 3 N–H and O–H groups in total. The van der Waals surface area contributed by atoms with E-state index < -0.39 is 0 Å².